The zero-order chi connectivity index (χ0) is 11.1. The first-order chi connectivity index (χ1) is 7.27. The molecule has 0 saturated heterocycles. The Labute approximate surface area is 90.4 Å². The SMILES string of the molecule is CCOC(=O)C1CCC(CN[C]=O)CC1. The van der Waals surface area contributed by atoms with E-state index in [9.17, 15) is 9.59 Å². The van der Waals surface area contributed by atoms with Crippen LogP contribution in [0.5, 0.6) is 0 Å². The maximum Gasteiger partial charge on any atom is 0.309 e. The monoisotopic (exact) mass is 212 g/mol. The number of esters is 1. The molecule has 1 amide bonds. The van der Waals surface area contributed by atoms with Gasteiger partial charge in [0, 0.05) is 6.54 Å². The summed E-state index contributed by atoms with van der Waals surface area (Å²) in [5, 5.41) is 2.57. The van der Waals surface area contributed by atoms with Gasteiger partial charge in [-0.25, -0.2) is 0 Å². The maximum absolute atomic E-state index is 11.4. The quantitative estimate of drug-likeness (QED) is 0.546. The van der Waals surface area contributed by atoms with E-state index in [0.717, 1.165) is 25.7 Å². The molecule has 1 aliphatic carbocycles. The zero-order valence-electron chi connectivity index (χ0n) is 9.12. The van der Waals surface area contributed by atoms with Gasteiger partial charge in [0.25, 0.3) is 0 Å². The topological polar surface area (TPSA) is 55.4 Å². The fraction of sp³-hybridized carbons (Fsp3) is 0.818. The Morgan fingerprint density at radius 2 is 2.07 bits per heavy atom. The van der Waals surface area contributed by atoms with Crippen LogP contribution in [0.25, 0.3) is 0 Å². The number of nitrogens with one attached hydrogen (secondary N) is 1. The van der Waals surface area contributed by atoms with E-state index in [0.29, 0.717) is 19.1 Å². The number of carbonyl (C=O) groups is 1. The normalized spacial score (nSPS) is 25.7. The van der Waals surface area contributed by atoms with Crippen molar-refractivity contribution < 1.29 is 14.3 Å². The van der Waals surface area contributed by atoms with Crippen LogP contribution in [0, 0.1) is 11.8 Å². The van der Waals surface area contributed by atoms with E-state index >= 15 is 0 Å². The van der Waals surface area contributed by atoms with Crippen LogP contribution in [0.1, 0.15) is 32.6 Å². The van der Waals surface area contributed by atoms with Crippen molar-refractivity contribution >= 4 is 12.4 Å². The maximum atomic E-state index is 11.4. The number of ether oxygens (including phenoxy) is 1. The lowest BCUT2D eigenvalue weighted by molar-refractivity contribution is -0.149. The van der Waals surface area contributed by atoms with Gasteiger partial charge < -0.3 is 10.1 Å². The highest BCUT2D eigenvalue weighted by Crippen LogP contribution is 2.29. The van der Waals surface area contributed by atoms with Crippen molar-refractivity contribution in [3.8, 4) is 0 Å². The Bertz CT molecular complexity index is 210. The number of carbonyl (C=O) groups excluding carboxylic acids is 2. The average Bonchev–Trinajstić information content (AvgIpc) is 2.27. The van der Waals surface area contributed by atoms with Crippen molar-refractivity contribution in [2.75, 3.05) is 13.2 Å². The van der Waals surface area contributed by atoms with Crippen molar-refractivity contribution in [3.63, 3.8) is 0 Å². The Morgan fingerprint density at radius 3 is 2.60 bits per heavy atom. The summed E-state index contributed by atoms with van der Waals surface area (Å²) >= 11 is 0. The molecule has 0 unspecified atom stereocenters. The molecule has 0 aromatic heterocycles. The fourth-order valence-corrected chi connectivity index (χ4v) is 2.05. The van der Waals surface area contributed by atoms with Crippen LogP contribution in [0.4, 0.5) is 0 Å². The van der Waals surface area contributed by atoms with Gasteiger partial charge in [-0.05, 0) is 38.5 Å². The molecule has 0 bridgehead atoms. The highest BCUT2D eigenvalue weighted by atomic mass is 16.5. The summed E-state index contributed by atoms with van der Waals surface area (Å²) in [7, 11) is 0. The Morgan fingerprint density at radius 1 is 1.40 bits per heavy atom. The largest absolute Gasteiger partial charge is 0.466 e. The summed E-state index contributed by atoms with van der Waals surface area (Å²) in [6.07, 6.45) is 5.40. The van der Waals surface area contributed by atoms with E-state index in [2.05, 4.69) is 5.32 Å². The molecule has 1 N–H and O–H groups in total. The highest BCUT2D eigenvalue weighted by molar-refractivity contribution is 5.72. The van der Waals surface area contributed by atoms with Crippen LogP contribution in [-0.4, -0.2) is 25.5 Å². The van der Waals surface area contributed by atoms with Gasteiger partial charge in [0.05, 0.1) is 12.5 Å². The van der Waals surface area contributed by atoms with E-state index in [4.69, 9.17) is 4.74 Å². The van der Waals surface area contributed by atoms with Crippen LogP contribution in [0.15, 0.2) is 0 Å². The number of hydrogen-bond donors (Lipinski definition) is 1. The Hall–Kier alpha value is -1.06. The first-order valence-electron chi connectivity index (χ1n) is 5.54. The lowest BCUT2D eigenvalue weighted by Gasteiger charge is -2.26. The van der Waals surface area contributed by atoms with Gasteiger partial charge >= 0.3 is 12.4 Å². The fourth-order valence-electron chi connectivity index (χ4n) is 2.05. The van der Waals surface area contributed by atoms with E-state index in [1.54, 1.807) is 6.41 Å². The number of rotatable bonds is 5. The predicted molar refractivity (Wildman–Crippen MR) is 55.8 cm³/mol. The lowest BCUT2D eigenvalue weighted by Crippen LogP contribution is -2.29. The van der Waals surface area contributed by atoms with E-state index in [1.165, 1.54) is 0 Å². The molecule has 0 heterocycles. The number of amides is 1. The third-order valence-electron chi connectivity index (χ3n) is 2.93. The smallest absolute Gasteiger partial charge is 0.309 e. The second-order valence-electron chi connectivity index (χ2n) is 3.95. The molecule has 0 spiro atoms. The molecule has 1 rings (SSSR count). The second-order valence-corrected chi connectivity index (χ2v) is 3.95. The molecule has 4 heteroatoms. The van der Waals surface area contributed by atoms with Gasteiger partial charge in [-0.2, -0.15) is 0 Å². The molecule has 1 fully saturated rings. The number of hydrogen-bond acceptors (Lipinski definition) is 3. The zero-order valence-corrected chi connectivity index (χ0v) is 9.12. The van der Waals surface area contributed by atoms with Gasteiger partial charge in [-0.3, -0.25) is 9.59 Å². The summed E-state index contributed by atoms with van der Waals surface area (Å²) in [6.45, 7) is 2.97. The van der Waals surface area contributed by atoms with E-state index in [-0.39, 0.29) is 11.9 Å². The molecule has 4 nitrogen and oxygen atoms in total. The average molecular weight is 212 g/mol. The van der Waals surface area contributed by atoms with Gasteiger partial charge in [-0.1, -0.05) is 0 Å². The summed E-state index contributed by atoms with van der Waals surface area (Å²) in [4.78, 5) is 21.4. The lowest BCUT2D eigenvalue weighted by atomic mass is 9.82. The van der Waals surface area contributed by atoms with Crippen molar-refractivity contribution in [2.24, 2.45) is 11.8 Å². The van der Waals surface area contributed by atoms with E-state index in [1.807, 2.05) is 6.92 Å². The molecule has 1 saturated carbocycles. The van der Waals surface area contributed by atoms with Crippen molar-refractivity contribution in [1.82, 2.24) is 5.32 Å². The van der Waals surface area contributed by atoms with Crippen LogP contribution in [0.3, 0.4) is 0 Å². The Balaban J connectivity index is 2.23. The van der Waals surface area contributed by atoms with Gasteiger partial charge in [0.15, 0.2) is 0 Å². The van der Waals surface area contributed by atoms with Gasteiger partial charge in [0.2, 0.25) is 0 Å². The summed E-state index contributed by atoms with van der Waals surface area (Å²) in [6, 6.07) is 0. The first kappa shape index (κ1) is 12.0. The van der Waals surface area contributed by atoms with Crippen LogP contribution < -0.4 is 5.32 Å². The Kier molecular flexibility index (Phi) is 5.15. The van der Waals surface area contributed by atoms with Gasteiger partial charge in [-0.15, -0.1) is 0 Å². The summed E-state index contributed by atoms with van der Waals surface area (Å²) in [5.74, 6) is 0.504. The van der Waals surface area contributed by atoms with Crippen LogP contribution in [-0.2, 0) is 14.3 Å². The summed E-state index contributed by atoms with van der Waals surface area (Å²) in [5.41, 5.74) is 0. The minimum atomic E-state index is -0.0640. The molecule has 15 heavy (non-hydrogen) atoms. The molecular weight excluding hydrogens is 194 g/mol. The molecule has 85 valence electrons. The minimum absolute atomic E-state index is 0.0640. The van der Waals surface area contributed by atoms with Gasteiger partial charge in [0.1, 0.15) is 0 Å². The van der Waals surface area contributed by atoms with Crippen LogP contribution >= 0.6 is 0 Å². The molecule has 1 aliphatic rings. The van der Waals surface area contributed by atoms with E-state index < -0.39 is 0 Å². The minimum Gasteiger partial charge on any atom is -0.466 e. The second kappa shape index (κ2) is 6.43. The standard InChI is InChI=1S/C11H18NO3/c1-2-15-11(14)10-5-3-9(4-6-10)7-12-8-13/h9-10H,2-7H2,1H3,(H,12,13). The molecule has 0 aromatic carbocycles. The molecular formula is C11H18NO3. The third-order valence-corrected chi connectivity index (χ3v) is 2.93. The first-order valence-corrected chi connectivity index (χ1v) is 5.54. The van der Waals surface area contributed by atoms with Crippen LogP contribution in [0.2, 0.25) is 0 Å². The van der Waals surface area contributed by atoms with Crippen molar-refractivity contribution in [1.29, 1.82) is 0 Å². The van der Waals surface area contributed by atoms with Crippen molar-refractivity contribution in [2.45, 2.75) is 32.6 Å². The highest BCUT2D eigenvalue weighted by Gasteiger charge is 2.26. The molecule has 0 atom stereocenters. The van der Waals surface area contributed by atoms with Crippen molar-refractivity contribution in [3.05, 3.63) is 0 Å². The third kappa shape index (κ3) is 3.90. The molecule has 0 aromatic rings. The molecule has 1 radical (unpaired) electrons. The molecule has 0 aliphatic heterocycles. The predicted octanol–water partition coefficient (Wildman–Crippen LogP) is 1.01. The summed E-state index contributed by atoms with van der Waals surface area (Å²) < 4.78 is 4.98.